The third-order valence-corrected chi connectivity index (χ3v) is 4.57. The lowest BCUT2D eigenvalue weighted by Crippen LogP contribution is -2.42. The average molecular weight is 420 g/mol. The molecule has 0 saturated carbocycles. The van der Waals surface area contributed by atoms with Crippen LogP contribution in [0.4, 0.5) is 13.6 Å². The number of carbonyl (C=O) groups excluding carboxylic acids is 1. The summed E-state index contributed by atoms with van der Waals surface area (Å²) in [6, 6.07) is 4.31. The fourth-order valence-electron chi connectivity index (χ4n) is 2.59. The van der Waals surface area contributed by atoms with Gasteiger partial charge in [-0.1, -0.05) is 0 Å². The van der Waals surface area contributed by atoms with E-state index in [0.29, 0.717) is 35.8 Å². The van der Waals surface area contributed by atoms with Crippen molar-refractivity contribution in [3.63, 3.8) is 0 Å². The van der Waals surface area contributed by atoms with E-state index >= 15 is 0 Å². The Morgan fingerprint density at radius 3 is 2.48 bits per heavy atom. The van der Waals surface area contributed by atoms with Crippen LogP contribution < -0.4 is 4.74 Å². The number of ether oxygens (including phenoxy) is 2. The zero-order valence-corrected chi connectivity index (χ0v) is 16.3. The Kier molecular flexibility index (Phi) is 6.65. The van der Waals surface area contributed by atoms with Gasteiger partial charge in [0.1, 0.15) is 11.4 Å². The van der Waals surface area contributed by atoms with E-state index < -0.39 is 12.0 Å². The summed E-state index contributed by atoms with van der Waals surface area (Å²) in [7, 11) is 0. The van der Waals surface area contributed by atoms with E-state index in [-0.39, 0.29) is 11.7 Å². The molecule has 0 aliphatic carbocycles. The second-order valence-corrected chi connectivity index (χ2v) is 8.07. The molecule has 0 N–H and O–H groups in total. The number of carbonyl (C=O) groups is 1. The van der Waals surface area contributed by atoms with Crippen molar-refractivity contribution in [1.82, 2.24) is 4.90 Å². The number of nitrogens with zero attached hydrogens (tertiary/aromatic N) is 1. The molecule has 1 amide bonds. The molecular formula is C18H24BrF2NO3. The van der Waals surface area contributed by atoms with E-state index in [1.807, 2.05) is 20.8 Å². The van der Waals surface area contributed by atoms with Crippen molar-refractivity contribution in [1.29, 1.82) is 0 Å². The zero-order chi connectivity index (χ0) is 18.6. The highest BCUT2D eigenvalue weighted by Crippen LogP contribution is 2.31. The Morgan fingerprint density at radius 1 is 1.32 bits per heavy atom. The summed E-state index contributed by atoms with van der Waals surface area (Å²) in [5.74, 6) is 0.874. The third kappa shape index (κ3) is 6.13. The molecule has 0 aromatic heterocycles. The number of hydrogen-bond donors (Lipinski definition) is 0. The molecule has 1 fully saturated rings. The molecule has 0 bridgehead atoms. The maximum atomic E-state index is 12.7. The molecule has 1 heterocycles. The molecule has 0 unspecified atom stereocenters. The minimum absolute atomic E-state index is 0.0371. The maximum absolute atomic E-state index is 12.7. The van der Waals surface area contributed by atoms with Crippen LogP contribution in [0.15, 0.2) is 22.7 Å². The molecule has 2 rings (SSSR count). The van der Waals surface area contributed by atoms with Crippen LogP contribution in [-0.2, 0) is 4.74 Å². The summed E-state index contributed by atoms with van der Waals surface area (Å²) in [4.78, 5) is 13.8. The highest BCUT2D eigenvalue weighted by atomic mass is 79.9. The van der Waals surface area contributed by atoms with Crippen molar-refractivity contribution < 1.29 is 23.0 Å². The molecule has 1 aromatic rings. The molecule has 1 aliphatic rings. The van der Waals surface area contributed by atoms with Gasteiger partial charge in [-0.15, -0.1) is 0 Å². The Hall–Kier alpha value is -1.37. The predicted octanol–water partition coefficient (Wildman–Crippen LogP) is 5.41. The first-order valence-electron chi connectivity index (χ1n) is 8.34. The number of rotatable bonds is 4. The normalized spacial score (nSPS) is 16.2. The van der Waals surface area contributed by atoms with Gasteiger partial charge >= 0.3 is 6.09 Å². The van der Waals surface area contributed by atoms with Crippen molar-refractivity contribution in [2.24, 2.45) is 5.92 Å². The van der Waals surface area contributed by atoms with Crippen LogP contribution >= 0.6 is 15.9 Å². The number of amides is 1. The van der Waals surface area contributed by atoms with Crippen molar-refractivity contribution >= 4 is 22.0 Å². The lowest BCUT2D eigenvalue weighted by atomic mass is 9.98. The van der Waals surface area contributed by atoms with E-state index in [9.17, 15) is 13.6 Å². The standard InChI is InChI=1S/C18H24BrF2NO3/c1-18(2,3)25-17(23)22-8-6-12(7-9-22)11-24-15-5-4-13(16(20)21)10-14(15)19/h4-5,10,12,16H,6-9,11H2,1-3H3. The first kappa shape index (κ1) is 19.9. The first-order valence-corrected chi connectivity index (χ1v) is 9.13. The van der Waals surface area contributed by atoms with Crippen molar-refractivity contribution in [3.8, 4) is 5.75 Å². The number of piperidine rings is 1. The smallest absolute Gasteiger partial charge is 0.410 e. The number of likely N-dealkylation sites (tertiary alicyclic amines) is 1. The van der Waals surface area contributed by atoms with E-state index in [0.717, 1.165) is 12.8 Å². The van der Waals surface area contributed by atoms with Gasteiger partial charge in [-0.2, -0.15) is 0 Å². The molecule has 0 atom stereocenters. The fraction of sp³-hybridized carbons (Fsp3) is 0.611. The van der Waals surface area contributed by atoms with Crippen LogP contribution in [0, 0.1) is 5.92 Å². The van der Waals surface area contributed by atoms with Crippen LogP contribution in [0.1, 0.15) is 45.6 Å². The summed E-state index contributed by atoms with van der Waals surface area (Å²) < 4.78 is 37.0. The Labute approximate surface area is 155 Å². The number of benzene rings is 1. The molecule has 0 radical (unpaired) electrons. The van der Waals surface area contributed by atoms with Gasteiger partial charge in [0, 0.05) is 18.7 Å². The monoisotopic (exact) mass is 419 g/mol. The second-order valence-electron chi connectivity index (χ2n) is 7.21. The van der Waals surface area contributed by atoms with E-state index in [4.69, 9.17) is 9.47 Å². The second kappa shape index (κ2) is 8.34. The lowest BCUT2D eigenvalue weighted by Gasteiger charge is -2.33. The molecule has 7 heteroatoms. The molecule has 0 spiro atoms. The van der Waals surface area contributed by atoms with Crippen molar-refractivity contribution in [2.75, 3.05) is 19.7 Å². The number of alkyl halides is 2. The van der Waals surface area contributed by atoms with Crippen LogP contribution in [0.25, 0.3) is 0 Å². The summed E-state index contributed by atoms with van der Waals surface area (Å²) in [6.07, 6.45) is -1.13. The molecular weight excluding hydrogens is 396 g/mol. The van der Waals surface area contributed by atoms with Crippen LogP contribution in [-0.4, -0.2) is 36.3 Å². The minimum atomic E-state index is -2.50. The van der Waals surface area contributed by atoms with Crippen molar-refractivity contribution in [3.05, 3.63) is 28.2 Å². The van der Waals surface area contributed by atoms with Gasteiger partial charge in [0.25, 0.3) is 6.43 Å². The zero-order valence-electron chi connectivity index (χ0n) is 14.7. The summed E-state index contributed by atoms with van der Waals surface area (Å²) >= 11 is 3.27. The van der Waals surface area contributed by atoms with Gasteiger partial charge in [0.15, 0.2) is 0 Å². The number of hydrogen-bond acceptors (Lipinski definition) is 3. The highest BCUT2D eigenvalue weighted by Gasteiger charge is 2.27. The molecule has 1 aliphatic heterocycles. The Balaban J connectivity index is 1.80. The van der Waals surface area contributed by atoms with Gasteiger partial charge in [0.05, 0.1) is 11.1 Å². The maximum Gasteiger partial charge on any atom is 0.410 e. The van der Waals surface area contributed by atoms with Crippen molar-refractivity contribution in [2.45, 2.75) is 45.6 Å². The third-order valence-electron chi connectivity index (χ3n) is 3.95. The van der Waals surface area contributed by atoms with Crippen LogP contribution in [0.2, 0.25) is 0 Å². The van der Waals surface area contributed by atoms with Gasteiger partial charge < -0.3 is 14.4 Å². The SMILES string of the molecule is CC(C)(C)OC(=O)N1CCC(COc2ccc(C(F)F)cc2Br)CC1. The Bertz CT molecular complexity index is 596. The fourth-order valence-corrected chi connectivity index (χ4v) is 3.10. The van der Waals surface area contributed by atoms with Gasteiger partial charge in [0.2, 0.25) is 0 Å². The molecule has 4 nitrogen and oxygen atoms in total. The summed E-state index contributed by atoms with van der Waals surface area (Å²) in [5, 5.41) is 0. The molecule has 140 valence electrons. The summed E-state index contributed by atoms with van der Waals surface area (Å²) in [5.41, 5.74) is -0.529. The van der Waals surface area contributed by atoms with E-state index in [1.165, 1.54) is 12.1 Å². The van der Waals surface area contributed by atoms with Gasteiger partial charge in [-0.25, -0.2) is 13.6 Å². The lowest BCUT2D eigenvalue weighted by molar-refractivity contribution is 0.0164. The first-order chi connectivity index (χ1) is 11.7. The Morgan fingerprint density at radius 2 is 1.96 bits per heavy atom. The topological polar surface area (TPSA) is 38.8 Å². The van der Waals surface area contributed by atoms with Gasteiger partial charge in [-0.3, -0.25) is 0 Å². The predicted molar refractivity (Wildman–Crippen MR) is 95.1 cm³/mol. The average Bonchev–Trinajstić information content (AvgIpc) is 2.52. The molecule has 1 aromatic carbocycles. The minimum Gasteiger partial charge on any atom is -0.492 e. The van der Waals surface area contributed by atoms with Crippen LogP contribution in [0.3, 0.4) is 0 Å². The van der Waals surface area contributed by atoms with Gasteiger partial charge in [-0.05, 0) is 73.7 Å². The molecule has 25 heavy (non-hydrogen) atoms. The number of halogens is 3. The van der Waals surface area contributed by atoms with E-state index in [2.05, 4.69) is 15.9 Å². The largest absolute Gasteiger partial charge is 0.492 e. The van der Waals surface area contributed by atoms with Crippen LogP contribution in [0.5, 0.6) is 5.75 Å². The quantitative estimate of drug-likeness (QED) is 0.654. The van der Waals surface area contributed by atoms with E-state index in [1.54, 1.807) is 11.0 Å². The molecule has 1 saturated heterocycles. The summed E-state index contributed by atoms with van der Waals surface area (Å²) in [6.45, 7) is 7.31. The highest BCUT2D eigenvalue weighted by molar-refractivity contribution is 9.10.